The van der Waals surface area contributed by atoms with Crippen molar-refractivity contribution in [1.29, 1.82) is 0 Å². The predicted octanol–water partition coefficient (Wildman–Crippen LogP) is -1.04. The molecule has 0 bridgehead atoms. The minimum absolute atomic E-state index is 0.258. The highest BCUT2D eigenvalue weighted by Crippen LogP contribution is 2.23. The first-order valence-corrected chi connectivity index (χ1v) is 4.32. The van der Waals surface area contributed by atoms with Gasteiger partial charge in [-0.1, -0.05) is 0 Å². The number of methoxy groups -OCH3 is 1. The summed E-state index contributed by atoms with van der Waals surface area (Å²) in [4.78, 5) is 4.08. The minimum atomic E-state index is -1.01. The Morgan fingerprint density at radius 2 is 2.33 bits per heavy atom. The maximum atomic E-state index is 6.02. The van der Waals surface area contributed by atoms with E-state index in [1.165, 1.54) is 7.11 Å². The van der Waals surface area contributed by atoms with Gasteiger partial charge < -0.3 is 15.8 Å². The van der Waals surface area contributed by atoms with Crippen molar-refractivity contribution in [3.05, 3.63) is 24.0 Å². The molecule has 0 aliphatic carbocycles. The molecule has 0 saturated carbocycles. The Balaban J connectivity index is 2.36. The lowest BCUT2D eigenvalue weighted by molar-refractivity contribution is 0.397. The number of hydrogen-bond acceptors (Lipinski definition) is 6. The van der Waals surface area contributed by atoms with E-state index < -0.39 is 5.66 Å². The first kappa shape index (κ1) is 9.53. The van der Waals surface area contributed by atoms with Crippen molar-refractivity contribution in [3.63, 3.8) is 0 Å². The van der Waals surface area contributed by atoms with E-state index in [0.717, 1.165) is 0 Å². The third-order valence-electron chi connectivity index (χ3n) is 2.07. The van der Waals surface area contributed by atoms with E-state index >= 15 is 0 Å². The predicted molar refractivity (Wildman–Crippen MR) is 54.9 cm³/mol. The fraction of sp³-hybridized carbons (Fsp3) is 0.250. The summed E-state index contributed by atoms with van der Waals surface area (Å²) >= 11 is 0. The van der Waals surface area contributed by atoms with Crippen LogP contribution in [-0.2, 0) is 5.66 Å². The molecule has 1 unspecified atom stereocenters. The van der Waals surface area contributed by atoms with Crippen molar-refractivity contribution in [2.24, 2.45) is 16.5 Å². The summed E-state index contributed by atoms with van der Waals surface area (Å²) in [5.74, 6) is 0.712. The van der Waals surface area contributed by atoms with Crippen molar-refractivity contribution in [2.75, 3.05) is 7.11 Å². The quantitative estimate of drug-likeness (QED) is 0.495. The zero-order valence-electron chi connectivity index (χ0n) is 8.19. The molecule has 15 heavy (non-hydrogen) atoms. The SMILES string of the molecule is COc1cc(C2(N)C=CNC(N)=N2)[nH]n1. The molecule has 1 atom stereocenters. The summed E-state index contributed by atoms with van der Waals surface area (Å²) in [5, 5.41) is 9.36. The number of nitrogens with one attached hydrogen (secondary N) is 2. The fourth-order valence-electron chi connectivity index (χ4n) is 1.29. The average Bonchev–Trinajstić information content (AvgIpc) is 2.66. The van der Waals surface area contributed by atoms with Gasteiger partial charge in [0.15, 0.2) is 11.6 Å². The number of nitrogens with zero attached hydrogens (tertiary/aromatic N) is 2. The Morgan fingerprint density at radius 3 is 2.93 bits per heavy atom. The highest BCUT2D eigenvalue weighted by molar-refractivity contribution is 5.80. The highest BCUT2D eigenvalue weighted by atomic mass is 16.5. The molecule has 7 heteroatoms. The number of hydrogen-bond donors (Lipinski definition) is 4. The normalized spacial score (nSPS) is 24.5. The third kappa shape index (κ3) is 1.64. The van der Waals surface area contributed by atoms with Gasteiger partial charge in [0, 0.05) is 12.3 Å². The van der Waals surface area contributed by atoms with Crippen LogP contribution in [0.3, 0.4) is 0 Å². The van der Waals surface area contributed by atoms with Crippen LogP contribution in [0.2, 0.25) is 0 Å². The van der Waals surface area contributed by atoms with Crippen molar-refractivity contribution >= 4 is 5.96 Å². The lowest BCUT2D eigenvalue weighted by atomic mass is 10.1. The van der Waals surface area contributed by atoms with Gasteiger partial charge in [0.05, 0.1) is 12.8 Å². The van der Waals surface area contributed by atoms with Crippen LogP contribution in [-0.4, -0.2) is 23.3 Å². The summed E-state index contributed by atoms with van der Waals surface area (Å²) in [6.45, 7) is 0. The van der Waals surface area contributed by atoms with E-state index in [9.17, 15) is 0 Å². The van der Waals surface area contributed by atoms with E-state index in [1.54, 1.807) is 18.3 Å². The van der Waals surface area contributed by atoms with Crippen molar-refractivity contribution in [2.45, 2.75) is 5.66 Å². The first-order valence-electron chi connectivity index (χ1n) is 4.32. The molecule has 0 aromatic carbocycles. The Bertz CT molecular complexity index is 423. The molecule has 0 radical (unpaired) electrons. The van der Waals surface area contributed by atoms with Crippen LogP contribution in [0.4, 0.5) is 0 Å². The van der Waals surface area contributed by atoms with Crippen LogP contribution >= 0.6 is 0 Å². The van der Waals surface area contributed by atoms with Crippen molar-refractivity contribution < 1.29 is 4.74 Å². The summed E-state index contributed by atoms with van der Waals surface area (Å²) in [6.07, 6.45) is 3.31. The van der Waals surface area contributed by atoms with Gasteiger partial charge >= 0.3 is 0 Å². The smallest absolute Gasteiger partial charge is 0.232 e. The number of aromatic nitrogens is 2. The minimum Gasteiger partial charge on any atom is -0.480 e. The summed E-state index contributed by atoms with van der Waals surface area (Å²) in [5.41, 5.74) is 11.1. The highest BCUT2D eigenvalue weighted by Gasteiger charge is 2.28. The van der Waals surface area contributed by atoms with E-state index in [1.807, 2.05) is 0 Å². The van der Waals surface area contributed by atoms with Gasteiger partial charge in [-0.2, -0.15) is 0 Å². The van der Waals surface area contributed by atoms with Crippen LogP contribution < -0.4 is 21.5 Å². The van der Waals surface area contributed by atoms with E-state index in [0.29, 0.717) is 11.6 Å². The number of aromatic amines is 1. The Morgan fingerprint density at radius 1 is 1.53 bits per heavy atom. The molecular weight excluding hydrogens is 196 g/mol. The van der Waals surface area contributed by atoms with Crippen LogP contribution in [0.25, 0.3) is 0 Å². The summed E-state index contributed by atoms with van der Waals surface area (Å²) in [7, 11) is 1.53. The second-order valence-electron chi connectivity index (χ2n) is 3.12. The van der Waals surface area contributed by atoms with Crippen LogP contribution in [0.5, 0.6) is 5.88 Å². The molecule has 0 fully saturated rings. The van der Waals surface area contributed by atoms with E-state index in [-0.39, 0.29) is 5.96 Å². The number of aliphatic imine (C=N–C) groups is 1. The maximum Gasteiger partial charge on any atom is 0.232 e. The number of rotatable bonds is 2. The molecule has 0 amide bonds. The zero-order chi connectivity index (χ0) is 10.9. The standard InChI is InChI=1S/C8H12N6O/c1-15-6-4-5(13-14-6)8(10)2-3-11-7(9)12-8/h2-4H,10H2,1H3,(H,13,14)(H3,9,11,12). The van der Waals surface area contributed by atoms with Gasteiger partial charge in [0.2, 0.25) is 5.88 Å². The second-order valence-corrected chi connectivity index (χ2v) is 3.12. The molecule has 1 aliphatic rings. The molecular formula is C8H12N6O. The maximum absolute atomic E-state index is 6.02. The fourth-order valence-corrected chi connectivity index (χ4v) is 1.29. The van der Waals surface area contributed by atoms with Crippen molar-refractivity contribution in [3.8, 4) is 5.88 Å². The monoisotopic (exact) mass is 208 g/mol. The number of nitrogens with two attached hydrogens (primary N) is 2. The van der Waals surface area contributed by atoms with Crippen LogP contribution in [0.15, 0.2) is 23.3 Å². The molecule has 1 aromatic heterocycles. The first-order chi connectivity index (χ1) is 7.14. The third-order valence-corrected chi connectivity index (χ3v) is 2.07. The van der Waals surface area contributed by atoms with E-state index in [2.05, 4.69) is 20.5 Å². The summed E-state index contributed by atoms with van der Waals surface area (Å²) < 4.78 is 4.94. The largest absolute Gasteiger partial charge is 0.480 e. The Hall–Kier alpha value is -2.02. The van der Waals surface area contributed by atoms with Gasteiger partial charge in [-0.25, -0.2) is 4.99 Å². The van der Waals surface area contributed by atoms with Gasteiger partial charge in [-0.15, -0.1) is 5.10 Å². The molecule has 7 nitrogen and oxygen atoms in total. The Labute approximate surface area is 86.2 Å². The van der Waals surface area contributed by atoms with Gasteiger partial charge in [0.25, 0.3) is 0 Å². The lowest BCUT2D eigenvalue weighted by Gasteiger charge is -2.23. The zero-order valence-corrected chi connectivity index (χ0v) is 8.19. The molecule has 1 aliphatic heterocycles. The van der Waals surface area contributed by atoms with Crippen molar-refractivity contribution in [1.82, 2.24) is 15.5 Å². The number of guanidine groups is 1. The summed E-state index contributed by atoms with van der Waals surface area (Å²) in [6, 6.07) is 1.67. The molecule has 6 N–H and O–H groups in total. The molecule has 1 aromatic rings. The topological polar surface area (TPSA) is 114 Å². The van der Waals surface area contributed by atoms with E-state index in [4.69, 9.17) is 16.2 Å². The van der Waals surface area contributed by atoms with Gasteiger partial charge in [-0.3, -0.25) is 10.8 Å². The number of H-pyrrole nitrogens is 1. The lowest BCUT2D eigenvalue weighted by Crippen LogP contribution is -2.42. The van der Waals surface area contributed by atoms with Crippen LogP contribution in [0, 0.1) is 0 Å². The molecule has 2 heterocycles. The Kier molecular flexibility index (Phi) is 2.09. The molecule has 0 spiro atoms. The van der Waals surface area contributed by atoms with Gasteiger partial charge in [0.1, 0.15) is 0 Å². The molecule has 80 valence electrons. The second kappa shape index (κ2) is 3.28. The number of ether oxygens (including phenoxy) is 1. The van der Waals surface area contributed by atoms with Gasteiger partial charge in [-0.05, 0) is 6.08 Å². The average molecular weight is 208 g/mol. The molecule has 2 rings (SSSR count). The van der Waals surface area contributed by atoms with Crippen LogP contribution in [0.1, 0.15) is 5.69 Å². The molecule has 0 saturated heterocycles.